The van der Waals surface area contributed by atoms with Crippen molar-refractivity contribution in [2.75, 3.05) is 6.54 Å². The Labute approximate surface area is 42.3 Å². The van der Waals surface area contributed by atoms with Crippen molar-refractivity contribution in [1.82, 2.24) is 5.06 Å². The van der Waals surface area contributed by atoms with Crippen LogP contribution in [0.2, 0.25) is 0 Å². The van der Waals surface area contributed by atoms with E-state index in [1.54, 1.807) is 12.3 Å². The lowest BCUT2D eigenvalue weighted by atomic mass is 10.4. The maximum Gasteiger partial charge on any atom is 0.0630 e. The molecule has 0 unspecified atom stereocenters. The van der Waals surface area contributed by atoms with Crippen molar-refractivity contribution < 1.29 is 5.21 Å². The molecule has 2 heteroatoms. The first-order chi connectivity index (χ1) is 3.39. The molecule has 0 aromatic rings. The third kappa shape index (κ3) is 1.05. The van der Waals surface area contributed by atoms with E-state index >= 15 is 0 Å². The van der Waals surface area contributed by atoms with Crippen molar-refractivity contribution in [2.45, 2.75) is 0 Å². The minimum absolute atomic E-state index is 0.608. The van der Waals surface area contributed by atoms with Crippen LogP contribution in [0.3, 0.4) is 0 Å². The van der Waals surface area contributed by atoms with Crippen LogP contribution in [0.5, 0.6) is 0 Å². The zero-order valence-corrected chi connectivity index (χ0v) is 3.91. The first kappa shape index (κ1) is 4.40. The molecule has 1 N–H and O–H groups in total. The van der Waals surface area contributed by atoms with Gasteiger partial charge in [0.2, 0.25) is 0 Å². The first-order valence-corrected chi connectivity index (χ1v) is 2.18. The Kier molecular flexibility index (Phi) is 1.13. The number of nitrogens with zero attached hydrogens (tertiary/aromatic N) is 1. The van der Waals surface area contributed by atoms with Gasteiger partial charge in [-0.05, 0) is 6.08 Å². The van der Waals surface area contributed by atoms with Gasteiger partial charge < -0.3 is 0 Å². The van der Waals surface area contributed by atoms with Crippen molar-refractivity contribution in [3.63, 3.8) is 0 Å². The summed E-state index contributed by atoms with van der Waals surface area (Å²) in [6, 6.07) is 0. The summed E-state index contributed by atoms with van der Waals surface area (Å²) >= 11 is 0. The second kappa shape index (κ2) is 1.80. The Morgan fingerprint density at radius 3 is 2.57 bits per heavy atom. The summed E-state index contributed by atoms with van der Waals surface area (Å²) in [5.74, 6) is 0. The van der Waals surface area contributed by atoms with Gasteiger partial charge in [-0.3, -0.25) is 10.3 Å². The molecule has 0 amide bonds. The molecule has 0 bridgehead atoms. The minimum Gasteiger partial charge on any atom is -0.289 e. The molecule has 38 valence electrons. The zero-order valence-electron chi connectivity index (χ0n) is 3.91. The molecule has 0 saturated carbocycles. The quantitative estimate of drug-likeness (QED) is 0.482. The summed E-state index contributed by atoms with van der Waals surface area (Å²) in [5, 5.41) is 9.73. The molecule has 0 aliphatic carbocycles. The Bertz CT molecular complexity index is 107. The standard InChI is InChI=1S/C5H7NO/c7-6-4-2-1-3-5-6/h1-4,7H,5H2. The van der Waals surface area contributed by atoms with Crippen molar-refractivity contribution in [3.8, 4) is 0 Å². The zero-order chi connectivity index (χ0) is 5.11. The van der Waals surface area contributed by atoms with Crippen LogP contribution in [0.4, 0.5) is 0 Å². The predicted octanol–water partition coefficient (Wildman–Crippen LogP) is 0.761. The third-order valence-electron chi connectivity index (χ3n) is 0.798. The summed E-state index contributed by atoms with van der Waals surface area (Å²) in [5.41, 5.74) is 0. The van der Waals surface area contributed by atoms with Crippen molar-refractivity contribution >= 4 is 0 Å². The van der Waals surface area contributed by atoms with Gasteiger partial charge in [-0.2, -0.15) is 0 Å². The highest BCUT2D eigenvalue weighted by atomic mass is 16.5. The lowest BCUT2D eigenvalue weighted by molar-refractivity contribution is -0.0302. The molecule has 1 rings (SSSR count). The van der Waals surface area contributed by atoms with E-state index < -0.39 is 0 Å². The summed E-state index contributed by atoms with van der Waals surface area (Å²) < 4.78 is 0. The average Bonchev–Trinajstić information content (AvgIpc) is 1.69. The Hall–Kier alpha value is -0.760. The van der Waals surface area contributed by atoms with Crippen molar-refractivity contribution in [1.29, 1.82) is 0 Å². The minimum atomic E-state index is 0.608. The largest absolute Gasteiger partial charge is 0.289 e. The monoisotopic (exact) mass is 97.1 g/mol. The molecular formula is C5H7NO. The van der Waals surface area contributed by atoms with E-state index in [2.05, 4.69) is 0 Å². The van der Waals surface area contributed by atoms with Gasteiger partial charge in [-0.25, -0.2) is 0 Å². The molecule has 0 aromatic heterocycles. The molecule has 0 saturated heterocycles. The predicted molar refractivity (Wildman–Crippen MR) is 26.8 cm³/mol. The van der Waals surface area contributed by atoms with Gasteiger partial charge in [0.15, 0.2) is 0 Å². The Morgan fingerprint density at radius 1 is 1.43 bits per heavy atom. The van der Waals surface area contributed by atoms with E-state index in [1.165, 1.54) is 0 Å². The van der Waals surface area contributed by atoms with Crippen LogP contribution in [0, 0.1) is 0 Å². The van der Waals surface area contributed by atoms with Crippen LogP contribution in [0.15, 0.2) is 24.4 Å². The summed E-state index contributed by atoms with van der Waals surface area (Å²) in [6.07, 6.45) is 7.16. The SMILES string of the molecule is ON1C=CC=CC1. The maximum atomic E-state index is 8.60. The van der Waals surface area contributed by atoms with E-state index in [0.29, 0.717) is 6.54 Å². The summed E-state index contributed by atoms with van der Waals surface area (Å²) in [7, 11) is 0. The fourth-order valence-electron chi connectivity index (χ4n) is 0.457. The van der Waals surface area contributed by atoms with Crippen LogP contribution in [-0.4, -0.2) is 16.8 Å². The molecule has 0 atom stereocenters. The highest BCUT2D eigenvalue weighted by Crippen LogP contribution is 1.91. The van der Waals surface area contributed by atoms with E-state index in [9.17, 15) is 0 Å². The van der Waals surface area contributed by atoms with Crippen LogP contribution < -0.4 is 0 Å². The fourth-order valence-corrected chi connectivity index (χ4v) is 0.457. The maximum absolute atomic E-state index is 8.60. The van der Waals surface area contributed by atoms with Gasteiger partial charge >= 0.3 is 0 Å². The molecule has 0 fully saturated rings. The van der Waals surface area contributed by atoms with Crippen molar-refractivity contribution in [3.05, 3.63) is 24.4 Å². The molecule has 1 aliphatic rings. The molecule has 2 nitrogen and oxygen atoms in total. The van der Waals surface area contributed by atoms with Crippen LogP contribution in [-0.2, 0) is 0 Å². The fraction of sp³-hybridized carbons (Fsp3) is 0.200. The van der Waals surface area contributed by atoms with Crippen LogP contribution >= 0.6 is 0 Å². The number of rotatable bonds is 0. The van der Waals surface area contributed by atoms with Crippen molar-refractivity contribution in [2.24, 2.45) is 0 Å². The van der Waals surface area contributed by atoms with E-state index in [4.69, 9.17) is 5.21 Å². The molecule has 7 heavy (non-hydrogen) atoms. The van der Waals surface area contributed by atoms with Gasteiger partial charge in [-0.1, -0.05) is 12.2 Å². The van der Waals surface area contributed by atoms with Gasteiger partial charge in [0.25, 0.3) is 0 Å². The van der Waals surface area contributed by atoms with Crippen LogP contribution in [0.25, 0.3) is 0 Å². The number of allylic oxidation sites excluding steroid dienone is 2. The lowest BCUT2D eigenvalue weighted by Gasteiger charge is -2.09. The van der Waals surface area contributed by atoms with Gasteiger partial charge in [0.1, 0.15) is 0 Å². The van der Waals surface area contributed by atoms with Gasteiger partial charge in [0, 0.05) is 6.20 Å². The lowest BCUT2D eigenvalue weighted by Crippen LogP contribution is -2.12. The molecule has 0 aromatic carbocycles. The second-order valence-corrected chi connectivity index (χ2v) is 1.39. The highest BCUT2D eigenvalue weighted by molar-refractivity contribution is 5.06. The molecule has 1 aliphatic heterocycles. The Balaban J connectivity index is 2.49. The van der Waals surface area contributed by atoms with E-state index in [0.717, 1.165) is 5.06 Å². The number of hydrogen-bond acceptors (Lipinski definition) is 2. The van der Waals surface area contributed by atoms with E-state index in [1.807, 2.05) is 12.2 Å². The smallest absolute Gasteiger partial charge is 0.0630 e. The highest BCUT2D eigenvalue weighted by Gasteiger charge is 1.88. The topological polar surface area (TPSA) is 23.5 Å². The summed E-state index contributed by atoms with van der Waals surface area (Å²) in [6.45, 7) is 0.608. The Morgan fingerprint density at radius 2 is 2.29 bits per heavy atom. The van der Waals surface area contributed by atoms with Gasteiger partial charge in [-0.15, -0.1) is 0 Å². The average molecular weight is 97.1 g/mol. The molecule has 0 radical (unpaired) electrons. The van der Waals surface area contributed by atoms with Gasteiger partial charge in [0.05, 0.1) is 6.54 Å². The molecule has 0 spiro atoms. The number of hydrogen-bond donors (Lipinski definition) is 1. The summed E-state index contributed by atoms with van der Waals surface area (Å²) in [4.78, 5) is 0. The third-order valence-corrected chi connectivity index (χ3v) is 0.798. The first-order valence-electron chi connectivity index (χ1n) is 2.18. The number of hydroxylamine groups is 2. The molecule has 1 heterocycles. The molecular weight excluding hydrogens is 90.1 g/mol. The van der Waals surface area contributed by atoms with Crippen LogP contribution in [0.1, 0.15) is 0 Å². The van der Waals surface area contributed by atoms with E-state index in [-0.39, 0.29) is 0 Å². The second-order valence-electron chi connectivity index (χ2n) is 1.39. The normalized spacial score (nSPS) is 18.1.